The van der Waals surface area contributed by atoms with Crippen LogP contribution < -0.4 is 0 Å². The molecule has 2 heteroatoms. The Bertz CT molecular complexity index is 429. The van der Waals surface area contributed by atoms with Gasteiger partial charge in [-0.2, -0.15) is 0 Å². The van der Waals surface area contributed by atoms with Crippen LogP contribution in [0.25, 0.3) is 10.9 Å². The third-order valence-electron chi connectivity index (χ3n) is 2.24. The van der Waals surface area contributed by atoms with Crippen LogP contribution in [0.5, 0.6) is 0 Å². The van der Waals surface area contributed by atoms with Gasteiger partial charge in [0.1, 0.15) is 0 Å². The maximum atomic E-state index is 5.94. The summed E-state index contributed by atoms with van der Waals surface area (Å²) in [7, 11) is 0. The molecule has 0 radical (unpaired) electrons. The fraction of sp³-hybridized carbons (Fsp3) is 0.273. The standard InChI is InChI=1S/C11H12ClN/c1-8(2)13-6-5-9-3-4-10(12)7-11(9)13/h3-8H,1-2H3. The topological polar surface area (TPSA) is 4.93 Å². The average Bonchev–Trinajstić information content (AvgIpc) is 2.46. The Morgan fingerprint density at radius 2 is 2.00 bits per heavy atom. The van der Waals surface area contributed by atoms with Gasteiger partial charge in [0.25, 0.3) is 0 Å². The first kappa shape index (κ1) is 8.64. The van der Waals surface area contributed by atoms with Crippen molar-refractivity contribution in [1.29, 1.82) is 0 Å². The van der Waals surface area contributed by atoms with E-state index >= 15 is 0 Å². The first-order chi connectivity index (χ1) is 6.18. The van der Waals surface area contributed by atoms with E-state index in [-0.39, 0.29) is 0 Å². The molecule has 0 unspecified atom stereocenters. The number of aromatic nitrogens is 1. The van der Waals surface area contributed by atoms with Crippen LogP contribution in [0.2, 0.25) is 5.02 Å². The minimum absolute atomic E-state index is 0.482. The summed E-state index contributed by atoms with van der Waals surface area (Å²) in [5.74, 6) is 0. The molecule has 0 bridgehead atoms. The van der Waals surface area contributed by atoms with E-state index in [4.69, 9.17) is 11.6 Å². The Balaban J connectivity index is 2.71. The molecule has 1 heterocycles. The summed E-state index contributed by atoms with van der Waals surface area (Å²) in [6, 6.07) is 8.59. The van der Waals surface area contributed by atoms with Crippen LogP contribution in [-0.4, -0.2) is 4.57 Å². The first-order valence-electron chi connectivity index (χ1n) is 4.44. The molecule has 0 amide bonds. The molecule has 0 saturated heterocycles. The fourth-order valence-electron chi connectivity index (χ4n) is 1.57. The summed E-state index contributed by atoms with van der Waals surface area (Å²) in [6.45, 7) is 4.33. The first-order valence-corrected chi connectivity index (χ1v) is 4.82. The van der Waals surface area contributed by atoms with Crippen molar-refractivity contribution >= 4 is 22.5 Å². The lowest BCUT2D eigenvalue weighted by Crippen LogP contribution is -1.97. The summed E-state index contributed by atoms with van der Waals surface area (Å²) < 4.78 is 2.22. The van der Waals surface area contributed by atoms with E-state index in [1.165, 1.54) is 10.9 Å². The lowest BCUT2D eigenvalue weighted by molar-refractivity contribution is 0.623. The summed E-state index contributed by atoms with van der Waals surface area (Å²) in [5, 5.41) is 2.05. The van der Waals surface area contributed by atoms with Crippen LogP contribution in [0, 0.1) is 0 Å². The number of halogens is 1. The molecule has 2 aromatic rings. The van der Waals surface area contributed by atoms with E-state index in [1.54, 1.807) is 0 Å². The Morgan fingerprint density at radius 1 is 1.23 bits per heavy atom. The molecule has 13 heavy (non-hydrogen) atoms. The van der Waals surface area contributed by atoms with Gasteiger partial charge in [-0.25, -0.2) is 0 Å². The molecule has 0 saturated carbocycles. The van der Waals surface area contributed by atoms with Gasteiger partial charge in [0.15, 0.2) is 0 Å². The smallest absolute Gasteiger partial charge is 0.0497 e. The Labute approximate surface area is 82.9 Å². The molecule has 2 rings (SSSR count). The second-order valence-electron chi connectivity index (χ2n) is 3.52. The summed E-state index contributed by atoms with van der Waals surface area (Å²) >= 11 is 5.94. The second kappa shape index (κ2) is 3.08. The average molecular weight is 194 g/mol. The lowest BCUT2D eigenvalue weighted by Gasteiger charge is -2.08. The van der Waals surface area contributed by atoms with Crippen LogP contribution >= 0.6 is 11.6 Å². The van der Waals surface area contributed by atoms with Gasteiger partial charge in [-0.1, -0.05) is 17.7 Å². The summed E-state index contributed by atoms with van der Waals surface area (Å²) in [4.78, 5) is 0. The summed E-state index contributed by atoms with van der Waals surface area (Å²) in [6.07, 6.45) is 2.10. The Kier molecular flexibility index (Phi) is 2.04. The van der Waals surface area contributed by atoms with Gasteiger partial charge in [0.05, 0.1) is 0 Å². The molecule has 0 fully saturated rings. The van der Waals surface area contributed by atoms with Crippen molar-refractivity contribution in [1.82, 2.24) is 4.57 Å². The maximum Gasteiger partial charge on any atom is 0.0497 e. The van der Waals surface area contributed by atoms with Crippen LogP contribution in [0.3, 0.4) is 0 Å². The van der Waals surface area contributed by atoms with Crippen LogP contribution in [0.1, 0.15) is 19.9 Å². The van der Waals surface area contributed by atoms with E-state index in [0.29, 0.717) is 6.04 Å². The van der Waals surface area contributed by atoms with E-state index in [0.717, 1.165) is 5.02 Å². The van der Waals surface area contributed by atoms with Gasteiger partial charge in [0, 0.05) is 22.8 Å². The van der Waals surface area contributed by atoms with Gasteiger partial charge < -0.3 is 4.57 Å². The number of hydrogen-bond donors (Lipinski definition) is 0. The predicted molar refractivity (Wildman–Crippen MR) is 57.3 cm³/mol. The molecule has 1 aromatic heterocycles. The summed E-state index contributed by atoms with van der Waals surface area (Å²) in [5.41, 5.74) is 1.21. The second-order valence-corrected chi connectivity index (χ2v) is 3.96. The van der Waals surface area contributed by atoms with Gasteiger partial charge in [-0.05, 0) is 37.4 Å². The quantitative estimate of drug-likeness (QED) is 0.648. The highest BCUT2D eigenvalue weighted by Gasteiger charge is 2.03. The van der Waals surface area contributed by atoms with Crippen molar-refractivity contribution in [2.24, 2.45) is 0 Å². The van der Waals surface area contributed by atoms with E-state index in [1.807, 2.05) is 12.1 Å². The normalized spacial score (nSPS) is 11.4. The van der Waals surface area contributed by atoms with E-state index in [9.17, 15) is 0 Å². The number of nitrogens with zero attached hydrogens (tertiary/aromatic N) is 1. The lowest BCUT2D eigenvalue weighted by atomic mass is 10.2. The van der Waals surface area contributed by atoms with Crippen molar-refractivity contribution < 1.29 is 0 Å². The number of fused-ring (bicyclic) bond motifs is 1. The molecule has 1 aromatic carbocycles. The third kappa shape index (κ3) is 1.44. The molecular formula is C11H12ClN. The van der Waals surface area contributed by atoms with Crippen LogP contribution in [0.15, 0.2) is 30.5 Å². The molecule has 0 aliphatic rings. The predicted octanol–water partition coefficient (Wildman–Crippen LogP) is 3.88. The molecule has 1 nitrogen and oxygen atoms in total. The van der Waals surface area contributed by atoms with Gasteiger partial charge in [-0.3, -0.25) is 0 Å². The molecule has 0 spiro atoms. The monoisotopic (exact) mass is 193 g/mol. The zero-order valence-corrected chi connectivity index (χ0v) is 8.55. The number of hydrogen-bond acceptors (Lipinski definition) is 0. The fourth-order valence-corrected chi connectivity index (χ4v) is 1.74. The highest BCUT2D eigenvalue weighted by Crippen LogP contribution is 2.23. The van der Waals surface area contributed by atoms with Crippen molar-refractivity contribution in [3.05, 3.63) is 35.5 Å². The third-order valence-corrected chi connectivity index (χ3v) is 2.48. The van der Waals surface area contributed by atoms with Crippen molar-refractivity contribution in [3.8, 4) is 0 Å². The zero-order valence-electron chi connectivity index (χ0n) is 7.79. The largest absolute Gasteiger partial charge is 0.345 e. The number of rotatable bonds is 1. The molecule has 0 aliphatic carbocycles. The van der Waals surface area contributed by atoms with E-state index in [2.05, 4.69) is 36.7 Å². The molecule has 0 aliphatic heterocycles. The highest BCUT2D eigenvalue weighted by molar-refractivity contribution is 6.31. The Hall–Kier alpha value is -0.950. The number of benzene rings is 1. The van der Waals surface area contributed by atoms with Gasteiger partial charge in [0.2, 0.25) is 0 Å². The molecule has 0 N–H and O–H groups in total. The van der Waals surface area contributed by atoms with Crippen LogP contribution in [0.4, 0.5) is 0 Å². The Morgan fingerprint density at radius 3 is 2.69 bits per heavy atom. The van der Waals surface area contributed by atoms with Crippen molar-refractivity contribution in [3.63, 3.8) is 0 Å². The molecule has 0 atom stereocenters. The van der Waals surface area contributed by atoms with Gasteiger partial charge >= 0.3 is 0 Å². The van der Waals surface area contributed by atoms with Crippen molar-refractivity contribution in [2.75, 3.05) is 0 Å². The molecule has 68 valence electrons. The minimum Gasteiger partial charge on any atom is -0.345 e. The maximum absolute atomic E-state index is 5.94. The molecular weight excluding hydrogens is 182 g/mol. The minimum atomic E-state index is 0.482. The zero-order chi connectivity index (χ0) is 9.42. The van der Waals surface area contributed by atoms with Gasteiger partial charge in [-0.15, -0.1) is 0 Å². The highest BCUT2D eigenvalue weighted by atomic mass is 35.5. The SMILES string of the molecule is CC(C)n1ccc2ccc(Cl)cc21. The van der Waals surface area contributed by atoms with E-state index < -0.39 is 0 Å². The van der Waals surface area contributed by atoms with Crippen molar-refractivity contribution in [2.45, 2.75) is 19.9 Å². The van der Waals surface area contributed by atoms with Crippen LogP contribution in [-0.2, 0) is 0 Å².